The van der Waals surface area contributed by atoms with E-state index in [1.807, 2.05) is 0 Å². The maximum Gasteiger partial charge on any atom is 0.416 e. The molecule has 2 rings (SSSR count). The number of hydrogen-bond acceptors (Lipinski definition) is 4. The minimum atomic E-state index is -4.54. The number of hydrogen-bond donors (Lipinski definition) is 0. The molecule has 2 aromatic carbocycles. The molecule has 0 atom stereocenters. The van der Waals surface area contributed by atoms with Crippen molar-refractivity contribution in [2.75, 3.05) is 21.2 Å². The zero-order valence-corrected chi connectivity index (χ0v) is 16.2. The summed E-state index contributed by atoms with van der Waals surface area (Å²) in [6.45, 7) is -0.288. The van der Waals surface area contributed by atoms with Crippen LogP contribution < -0.4 is 0 Å². The van der Waals surface area contributed by atoms with Crippen molar-refractivity contribution in [3.8, 4) is 0 Å². The molecule has 0 aliphatic heterocycles. The average molecular weight is 416 g/mol. The summed E-state index contributed by atoms with van der Waals surface area (Å²) >= 11 is 0. The predicted octanol–water partition coefficient (Wildman–Crippen LogP) is 3.16. The lowest BCUT2D eigenvalue weighted by molar-refractivity contribution is -0.138. The van der Waals surface area contributed by atoms with Gasteiger partial charge in [-0.2, -0.15) is 13.2 Å². The number of amides is 1. The van der Waals surface area contributed by atoms with Crippen molar-refractivity contribution in [1.29, 1.82) is 0 Å². The fourth-order valence-electron chi connectivity index (χ4n) is 2.52. The topological polar surface area (TPSA) is 66.9 Å². The maximum absolute atomic E-state index is 13.1. The van der Waals surface area contributed by atoms with E-state index in [1.165, 1.54) is 57.6 Å². The number of hydroxylamine groups is 1. The molecule has 2 aromatic rings. The van der Waals surface area contributed by atoms with Gasteiger partial charge in [-0.25, -0.2) is 8.42 Å². The van der Waals surface area contributed by atoms with Gasteiger partial charge in [0.05, 0.1) is 17.6 Å². The van der Waals surface area contributed by atoms with Crippen LogP contribution in [0.4, 0.5) is 13.2 Å². The molecule has 28 heavy (non-hydrogen) atoms. The number of nitrogens with zero attached hydrogens (tertiary/aromatic N) is 2. The van der Waals surface area contributed by atoms with Crippen LogP contribution in [0.3, 0.4) is 0 Å². The van der Waals surface area contributed by atoms with Gasteiger partial charge in [-0.05, 0) is 29.8 Å². The number of halogens is 3. The lowest BCUT2D eigenvalue weighted by Gasteiger charge is -2.21. The van der Waals surface area contributed by atoms with Crippen LogP contribution in [-0.2, 0) is 27.6 Å². The second-order valence-corrected chi connectivity index (χ2v) is 7.88. The second kappa shape index (κ2) is 8.29. The van der Waals surface area contributed by atoms with Crippen molar-refractivity contribution in [2.24, 2.45) is 0 Å². The molecule has 0 N–H and O–H groups in total. The van der Waals surface area contributed by atoms with Crippen LogP contribution in [-0.4, -0.2) is 44.9 Å². The van der Waals surface area contributed by atoms with Crippen molar-refractivity contribution in [3.63, 3.8) is 0 Å². The van der Waals surface area contributed by atoms with E-state index >= 15 is 0 Å². The van der Waals surface area contributed by atoms with Gasteiger partial charge in [-0.15, -0.1) is 0 Å². The van der Waals surface area contributed by atoms with E-state index in [0.717, 1.165) is 17.0 Å². The summed E-state index contributed by atoms with van der Waals surface area (Å²) in [6, 6.07) is 10.2. The van der Waals surface area contributed by atoms with Crippen LogP contribution in [0.2, 0.25) is 0 Å². The second-order valence-electron chi connectivity index (χ2n) is 5.94. The minimum Gasteiger partial charge on any atom is -0.337 e. The van der Waals surface area contributed by atoms with E-state index in [-0.39, 0.29) is 22.6 Å². The first-order valence-corrected chi connectivity index (χ1v) is 9.46. The lowest BCUT2D eigenvalue weighted by Crippen LogP contribution is -2.28. The summed E-state index contributed by atoms with van der Waals surface area (Å²) in [7, 11) is -0.242. The van der Waals surface area contributed by atoms with Crippen molar-refractivity contribution < 1.29 is 31.2 Å². The van der Waals surface area contributed by atoms with Crippen molar-refractivity contribution in [1.82, 2.24) is 9.37 Å². The highest BCUT2D eigenvalue weighted by Gasteiger charge is 2.33. The number of alkyl halides is 3. The number of carbonyl (C=O) groups is 1. The van der Waals surface area contributed by atoms with Crippen molar-refractivity contribution in [3.05, 3.63) is 65.2 Å². The number of sulfonamides is 1. The van der Waals surface area contributed by atoms with Crippen LogP contribution in [0.25, 0.3) is 0 Å². The molecular weight excluding hydrogens is 397 g/mol. The molecule has 10 heteroatoms. The Morgan fingerprint density at radius 1 is 1.07 bits per heavy atom. The maximum atomic E-state index is 13.1. The predicted molar refractivity (Wildman–Crippen MR) is 95.6 cm³/mol. The third-order valence-electron chi connectivity index (χ3n) is 4.05. The Bertz CT molecular complexity index is 961. The zero-order valence-electron chi connectivity index (χ0n) is 15.4. The van der Waals surface area contributed by atoms with Gasteiger partial charge < -0.3 is 4.90 Å². The first-order chi connectivity index (χ1) is 13.0. The molecule has 0 aliphatic rings. The number of benzene rings is 2. The lowest BCUT2D eigenvalue weighted by atomic mass is 10.1. The first-order valence-electron chi connectivity index (χ1n) is 8.02. The Balaban J connectivity index is 2.30. The largest absolute Gasteiger partial charge is 0.416 e. The molecule has 6 nitrogen and oxygen atoms in total. The normalized spacial score (nSPS) is 12.2. The summed E-state index contributed by atoms with van der Waals surface area (Å²) in [5, 5.41) is 0. The fourth-order valence-corrected chi connectivity index (χ4v) is 3.54. The van der Waals surface area contributed by atoms with Gasteiger partial charge in [-0.3, -0.25) is 9.63 Å². The molecule has 0 unspecified atom stereocenters. The average Bonchev–Trinajstić information content (AvgIpc) is 2.66. The Morgan fingerprint density at radius 3 is 2.32 bits per heavy atom. The van der Waals surface area contributed by atoms with Gasteiger partial charge in [0.2, 0.25) is 0 Å². The first kappa shape index (κ1) is 21.9. The molecule has 0 saturated carbocycles. The molecule has 152 valence electrons. The summed E-state index contributed by atoms with van der Waals surface area (Å²) in [6.07, 6.45) is -4.54. The SMILES string of the molecule is CON(C)S(=O)(=O)c1cccc(C(=O)N(C)Cc2ccccc2C(F)(F)F)c1. The standard InChI is InChI=1S/C18H19F3N2O4S/c1-22(12-14-7-4-5-10-16(14)18(19,20)21)17(24)13-8-6-9-15(11-13)28(25,26)23(2)27-3/h4-11H,12H2,1-3H3. The van der Waals surface area contributed by atoms with E-state index in [9.17, 15) is 26.4 Å². The molecule has 0 heterocycles. The highest BCUT2D eigenvalue weighted by atomic mass is 32.2. The van der Waals surface area contributed by atoms with Crippen LogP contribution >= 0.6 is 0 Å². The van der Waals surface area contributed by atoms with Crippen LogP contribution in [0.15, 0.2) is 53.4 Å². The Morgan fingerprint density at radius 2 is 1.71 bits per heavy atom. The highest BCUT2D eigenvalue weighted by molar-refractivity contribution is 7.89. The molecular formula is C18H19F3N2O4S. The quantitative estimate of drug-likeness (QED) is 0.679. The van der Waals surface area contributed by atoms with Crippen molar-refractivity contribution >= 4 is 15.9 Å². The summed E-state index contributed by atoms with van der Waals surface area (Å²) in [5.41, 5.74) is -0.862. The summed E-state index contributed by atoms with van der Waals surface area (Å²) in [5.74, 6) is -0.617. The van der Waals surface area contributed by atoms with Gasteiger partial charge in [0.25, 0.3) is 15.9 Å². The minimum absolute atomic E-state index is 0.0255. The van der Waals surface area contributed by atoms with E-state index in [4.69, 9.17) is 0 Å². The summed E-state index contributed by atoms with van der Waals surface area (Å²) < 4.78 is 64.6. The zero-order chi connectivity index (χ0) is 21.1. The fraction of sp³-hybridized carbons (Fsp3) is 0.278. The van der Waals surface area contributed by atoms with Gasteiger partial charge in [0, 0.05) is 26.2 Å². The van der Waals surface area contributed by atoms with E-state index in [2.05, 4.69) is 4.84 Å². The molecule has 0 fully saturated rings. The Kier molecular flexibility index (Phi) is 6.48. The van der Waals surface area contributed by atoms with Gasteiger partial charge in [0.1, 0.15) is 0 Å². The summed E-state index contributed by atoms with van der Waals surface area (Å²) in [4.78, 5) is 18.2. The van der Waals surface area contributed by atoms with Gasteiger partial charge >= 0.3 is 6.18 Å². The monoisotopic (exact) mass is 416 g/mol. The number of rotatable bonds is 6. The van der Waals surface area contributed by atoms with Crippen LogP contribution in [0.5, 0.6) is 0 Å². The smallest absolute Gasteiger partial charge is 0.337 e. The molecule has 0 saturated heterocycles. The third-order valence-corrected chi connectivity index (χ3v) is 5.73. The van der Waals surface area contributed by atoms with E-state index < -0.39 is 27.7 Å². The van der Waals surface area contributed by atoms with Gasteiger partial charge in [0.15, 0.2) is 0 Å². The number of carbonyl (C=O) groups excluding carboxylic acids is 1. The van der Waals surface area contributed by atoms with E-state index in [0.29, 0.717) is 4.47 Å². The highest BCUT2D eigenvalue weighted by Crippen LogP contribution is 2.32. The molecule has 0 radical (unpaired) electrons. The molecule has 0 aliphatic carbocycles. The van der Waals surface area contributed by atoms with Crippen LogP contribution in [0.1, 0.15) is 21.5 Å². The Hall–Kier alpha value is -2.43. The van der Waals surface area contributed by atoms with Crippen molar-refractivity contribution in [2.45, 2.75) is 17.6 Å². The molecule has 0 aromatic heterocycles. The van der Waals surface area contributed by atoms with Crippen LogP contribution in [0, 0.1) is 0 Å². The molecule has 0 bridgehead atoms. The van der Waals surface area contributed by atoms with E-state index in [1.54, 1.807) is 0 Å². The Labute approximate surface area is 161 Å². The molecule has 0 spiro atoms. The third kappa shape index (κ3) is 4.70. The van der Waals surface area contributed by atoms with Gasteiger partial charge in [-0.1, -0.05) is 28.7 Å². The molecule has 1 amide bonds.